The highest BCUT2D eigenvalue weighted by atomic mass is 15.0. The number of hydrogen-bond acceptors (Lipinski definition) is 3. The zero-order valence-electron chi connectivity index (χ0n) is 67.2. The van der Waals surface area contributed by atoms with Crippen LogP contribution in [-0.4, -0.2) is 28.7 Å². The first-order valence-corrected chi connectivity index (χ1v) is 18.9. The van der Waals surface area contributed by atoms with Gasteiger partial charge in [-0.2, -0.15) is 0 Å². The molecular formula is C58H38N6. The Morgan fingerprint density at radius 2 is 0.656 bits per heavy atom. The number of aromatic nitrogens is 6. The Kier molecular flexibility index (Phi) is 3.47. The molecule has 0 fully saturated rings. The van der Waals surface area contributed by atoms with Crippen LogP contribution in [0.25, 0.3) is 117 Å². The van der Waals surface area contributed by atoms with Crippen molar-refractivity contribution in [3.05, 3.63) is 217 Å². The monoisotopic (exact) mass is 854 g/mol. The maximum Gasteiger partial charge on any atom is 0.164 e. The molecule has 6 heteroatoms. The molecule has 0 amide bonds. The third-order valence-corrected chi connectivity index (χ3v) is 10.2. The van der Waals surface area contributed by atoms with Crippen LogP contribution in [0, 0.1) is 6.92 Å². The molecule has 4 heterocycles. The van der Waals surface area contributed by atoms with E-state index in [0.717, 1.165) is 9.13 Å². The lowest BCUT2D eigenvalue weighted by atomic mass is 10.1. The molecule has 0 bridgehead atoms. The molecular weight excluding hydrogens is 781 g/mol. The van der Waals surface area contributed by atoms with Crippen LogP contribution < -0.4 is 0 Å². The fourth-order valence-corrected chi connectivity index (χ4v) is 7.50. The van der Waals surface area contributed by atoms with E-state index in [-0.39, 0.29) is 10.9 Å². The van der Waals surface area contributed by atoms with Crippen LogP contribution in [-0.2, 0) is 0 Å². The maximum atomic E-state index is 10.1. The van der Waals surface area contributed by atoms with Crippen LogP contribution in [0.5, 0.6) is 0 Å². The minimum atomic E-state index is -1.21. The van der Waals surface area contributed by atoms with Crippen molar-refractivity contribution < 1.29 is 48.0 Å². The second-order valence-electron chi connectivity index (χ2n) is 13.8. The lowest BCUT2D eigenvalue weighted by Crippen LogP contribution is -2.02. The third-order valence-electron chi connectivity index (χ3n) is 10.2. The number of hydrogen-bond donors (Lipinski definition) is 0. The highest BCUT2D eigenvalue weighted by Crippen LogP contribution is 2.38. The normalized spacial score (nSPS) is 19.5. The highest BCUT2D eigenvalue weighted by Gasteiger charge is 2.19. The van der Waals surface area contributed by atoms with Crippen LogP contribution in [0.2, 0.25) is 0 Å². The van der Waals surface area contributed by atoms with Crippen molar-refractivity contribution in [3.8, 4) is 51.2 Å². The summed E-state index contributed by atoms with van der Waals surface area (Å²) in [6.45, 7) is 1.30. The summed E-state index contributed by atoms with van der Waals surface area (Å²) in [4.78, 5) is 13.2. The van der Waals surface area contributed by atoms with E-state index >= 15 is 0 Å². The van der Waals surface area contributed by atoms with E-state index in [4.69, 9.17) is 28.8 Å². The summed E-state index contributed by atoms with van der Waals surface area (Å²) in [6, 6.07) is -33.5. The minimum Gasteiger partial charge on any atom is -0.309 e. The molecule has 0 unspecified atom stereocenters. The van der Waals surface area contributed by atoms with Gasteiger partial charge in [-0.3, -0.25) is 0 Å². The van der Waals surface area contributed by atoms with Gasteiger partial charge in [0, 0.05) is 66.1 Å². The molecule has 0 N–H and O–H groups in total. The molecule has 0 atom stereocenters. The fraction of sp³-hybridized carbons (Fsp3) is 0.0172. The molecule has 0 aliphatic heterocycles. The van der Waals surface area contributed by atoms with E-state index < -0.39 is 323 Å². The molecule has 0 spiro atoms. The summed E-state index contributed by atoms with van der Waals surface area (Å²) in [6.07, 6.45) is 0. The van der Waals surface area contributed by atoms with Gasteiger partial charge < -0.3 is 13.7 Å². The standard InChI is InChI=1S/C58H38N6/c1-37-29-31-54-48(33-37)46-23-7-11-27-52(46)62(54)41-19-13-17-39(34-41)57-59-56(38-15-3-2-4-16-38)60-58(61-57)40-18-14-20-42(35-40)63-53-28-12-8-24-47(53)49-36-43(30-32-55(49)63)64-50-25-9-5-21-44(50)45-22-6-10-26-51(45)64/h2-36H,1H3/i2D,3D,4D,5D,6D,7D,8D,9D,10D,11D,12D,13D,14D,15D,16D,17D,18D,19D,20D,21D,22D,23D,24D,25D,26D,27D,28D,29D,30D,31D,32D,33D,34D,35D,36D. The van der Waals surface area contributed by atoms with Gasteiger partial charge in [0.05, 0.1) is 81.1 Å². The Balaban J connectivity index is 1.19. The van der Waals surface area contributed by atoms with Crippen LogP contribution in [0.3, 0.4) is 0 Å². The zero-order chi connectivity index (χ0) is 72.8. The van der Waals surface area contributed by atoms with Gasteiger partial charge in [0.15, 0.2) is 17.5 Å². The first-order valence-electron chi connectivity index (χ1n) is 36.4. The van der Waals surface area contributed by atoms with Gasteiger partial charge in [0.1, 0.15) is 0 Å². The molecule has 64 heavy (non-hydrogen) atoms. The SMILES string of the molecule is [2H]c1c([2H])c([2H])c(-c2nc(-c3c([2H])c([2H])c([2H])c(-n4c5c([2H])c([2H])c([2H])c([2H])c5c5c([2H])c(C)c([2H])c([2H])c54)c3[2H])nc(-c3c([2H])c([2H])c([2H])c(-n4c5c([2H])c([2H])c([2H])c([2H])c5c5c([2H])c(-n6c7c([2H])c([2H])c([2H])c([2H])c7c7c([2H])c([2H])c([2H])c([2H])c76)c([2H])c([2H])c54)c3[2H])n2)c([2H])c1[2H]. The summed E-state index contributed by atoms with van der Waals surface area (Å²) >= 11 is 0. The van der Waals surface area contributed by atoms with Crippen molar-refractivity contribution in [2.24, 2.45) is 0 Å². The molecule has 0 aliphatic rings. The minimum absolute atomic E-state index is 0.127. The van der Waals surface area contributed by atoms with Gasteiger partial charge in [0.2, 0.25) is 0 Å². The average molecular weight is 854 g/mol. The molecule has 0 saturated heterocycles. The van der Waals surface area contributed by atoms with Crippen LogP contribution in [0.15, 0.2) is 211 Å². The molecule has 4 aromatic heterocycles. The number of nitrogens with zero attached hydrogens (tertiary/aromatic N) is 6. The summed E-state index contributed by atoms with van der Waals surface area (Å²) in [5.41, 5.74) is -9.70. The first kappa shape index (κ1) is 15.6. The van der Waals surface area contributed by atoms with Gasteiger partial charge in [-0.25, -0.2) is 15.0 Å². The Morgan fingerprint density at radius 1 is 0.297 bits per heavy atom. The predicted molar refractivity (Wildman–Crippen MR) is 264 cm³/mol. The molecule has 0 saturated carbocycles. The lowest BCUT2D eigenvalue weighted by Gasteiger charge is -2.13. The van der Waals surface area contributed by atoms with Crippen LogP contribution in [0.4, 0.5) is 0 Å². The van der Waals surface area contributed by atoms with Gasteiger partial charge >= 0.3 is 0 Å². The van der Waals surface area contributed by atoms with E-state index in [0.29, 0.717) is 4.57 Å². The molecule has 13 aromatic rings. The van der Waals surface area contributed by atoms with E-state index in [1.165, 1.54) is 6.92 Å². The van der Waals surface area contributed by atoms with Crippen LogP contribution >= 0.6 is 0 Å². The largest absolute Gasteiger partial charge is 0.309 e. The first-order chi connectivity index (χ1) is 46.2. The van der Waals surface area contributed by atoms with Gasteiger partial charge in [-0.05, 0) is 85.5 Å². The highest BCUT2D eigenvalue weighted by molar-refractivity contribution is 6.12. The molecule has 0 radical (unpaired) electrons. The van der Waals surface area contributed by atoms with Crippen LogP contribution in [0.1, 0.15) is 53.5 Å². The van der Waals surface area contributed by atoms with Crippen molar-refractivity contribution in [2.75, 3.05) is 0 Å². The third kappa shape index (κ3) is 5.63. The summed E-state index contributed by atoms with van der Waals surface area (Å²) < 4.78 is 322. The Morgan fingerprint density at radius 3 is 1.16 bits per heavy atom. The van der Waals surface area contributed by atoms with Crippen molar-refractivity contribution in [1.82, 2.24) is 28.7 Å². The molecule has 9 aromatic carbocycles. The van der Waals surface area contributed by atoms with Gasteiger partial charge in [-0.15, -0.1) is 0 Å². The Bertz CT molecular complexity index is 5890. The maximum absolute atomic E-state index is 10.1. The second kappa shape index (κ2) is 14.2. The number of fused-ring (bicyclic) bond motifs is 9. The average Bonchev–Trinajstić information content (AvgIpc) is 1.54. The number of benzene rings is 9. The zero-order valence-corrected chi connectivity index (χ0v) is 32.2. The molecule has 300 valence electrons. The molecule has 13 rings (SSSR count). The van der Waals surface area contributed by atoms with Crippen molar-refractivity contribution in [1.29, 1.82) is 0 Å². The lowest BCUT2D eigenvalue weighted by molar-refractivity contribution is 1.07. The fourth-order valence-electron chi connectivity index (χ4n) is 7.50. The van der Waals surface area contributed by atoms with E-state index in [1.807, 2.05) is 0 Å². The summed E-state index contributed by atoms with van der Waals surface area (Å²) in [5.74, 6) is -3.10. The van der Waals surface area contributed by atoms with Gasteiger partial charge in [-0.1, -0.05) is 138 Å². The number of rotatable bonds is 6. The smallest absolute Gasteiger partial charge is 0.164 e. The molecule has 6 nitrogen and oxygen atoms in total. The van der Waals surface area contributed by atoms with E-state index in [2.05, 4.69) is 15.0 Å². The van der Waals surface area contributed by atoms with Crippen molar-refractivity contribution in [2.45, 2.75) is 6.92 Å². The number of para-hydroxylation sites is 4. The van der Waals surface area contributed by atoms with E-state index in [9.17, 15) is 19.2 Å². The van der Waals surface area contributed by atoms with Crippen molar-refractivity contribution in [3.63, 3.8) is 0 Å². The topological polar surface area (TPSA) is 53.5 Å². The molecule has 0 aliphatic carbocycles. The quantitative estimate of drug-likeness (QED) is 0.167. The summed E-state index contributed by atoms with van der Waals surface area (Å²) in [7, 11) is 0. The van der Waals surface area contributed by atoms with Gasteiger partial charge in [0.25, 0.3) is 0 Å². The van der Waals surface area contributed by atoms with E-state index in [1.54, 1.807) is 0 Å². The predicted octanol–water partition coefficient (Wildman–Crippen LogP) is 14.5. The Labute approximate surface area is 417 Å². The second-order valence-corrected chi connectivity index (χ2v) is 13.8. The summed E-state index contributed by atoms with van der Waals surface area (Å²) in [5, 5.41) is -3.25. The van der Waals surface area contributed by atoms with Crippen molar-refractivity contribution >= 4 is 65.4 Å². The Hall–Kier alpha value is -8.61.